The molecule has 1 fully saturated rings. The van der Waals surface area contributed by atoms with Crippen LogP contribution in [0, 0.1) is 6.92 Å². The minimum Gasteiger partial charge on any atom is -0.493 e. The zero-order valence-electron chi connectivity index (χ0n) is 37.4. The molecular formula is C48H54N10O6. The third-order valence-electron chi connectivity index (χ3n) is 11.5. The number of carbonyl (C=O) groups excluding carboxylic acids is 5. The monoisotopic (exact) mass is 866 g/mol. The summed E-state index contributed by atoms with van der Waals surface area (Å²) in [6, 6.07) is 13.0. The minimum absolute atomic E-state index is 0.0250. The molecule has 3 aromatic heterocycles. The maximum Gasteiger partial charge on any atom is 0.272 e. The van der Waals surface area contributed by atoms with Gasteiger partial charge in [0.05, 0.1) is 29.6 Å². The first-order chi connectivity index (χ1) is 30.4. The number of ketones is 1. The zero-order chi connectivity index (χ0) is 45.6. The summed E-state index contributed by atoms with van der Waals surface area (Å²) >= 11 is 0. The summed E-state index contributed by atoms with van der Waals surface area (Å²) < 4.78 is 10.9. The molecule has 3 aliphatic heterocycles. The number of benzene rings is 2. The number of aryl methyl sites for hydroxylation is 4. The van der Waals surface area contributed by atoms with Crippen molar-refractivity contribution in [3.63, 3.8) is 0 Å². The second-order valence-electron chi connectivity index (χ2n) is 18.1. The van der Waals surface area contributed by atoms with Crippen molar-refractivity contribution >= 4 is 58.5 Å². The molecule has 16 nitrogen and oxygen atoms in total. The summed E-state index contributed by atoms with van der Waals surface area (Å²) in [5.41, 5.74) is 7.90. The highest BCUT2D eigenvalue weighted by Gasteiger charge is 2.34. The Balaban J connectivity index is 0.813. The molecular weight excluding hydrogens is 813 g/mol. The van der Waals surface area contributed by atoms with Gasteiger partial charge in [-0.1, -0.05) is 18.2 Å². The van der Waals surface area contributed by atoms with Gasteiger partial charge in [0.1, 0.15) is 17.1 Å². The van der Waals surface area contributed by atoms with Crippen LogP contribution in [0.1, 0.15) is 104 Å². The van der Waals surface area contributed by atoms with E-state index in [1.807, 2.05) is 13.0 Å². The number of aliphatic imine (C=N–C) groups is 1. The van der Waals surface area contributed by atoms with Crippen molar-refractivity contribution in [2.45, 2.75) is 78.0 Å². The molecule has 0 bridgehead atoms. The van der Waals surface area contributed by atoms with Gasteiger partial charge in [-0.25, -0.2) is 4.98 Å². The first-order valence-electron chi connectivity index (χ1n) is 21.4. The van der Waals surface area contributed by atoms with Crippen LogP contribution in [0.4, 0.5) is 22.9 Å². The first-order valence-corrected chi connectivity index (χ1v) is 21.4. The molecule has 3 N–H and O–H groups in total. The Hall–Kier alpha value is -7.23. The van der Waals surface area contributed by atoms with E-state index in [0.717, 1.165) is 28.0 Å². The number of rotatable bonds is 13. The molecule has 0 unspecified atom stereocenters. The highest BCUT2D eigenvalue weighted by atomic mass is 16.5. The molecule has 0 saturated carbocycles. The molecule has 332 valence electrons. The summed E-state index contributed by atoms with van der Waals surface area (Å²) in [5, 5.41) is 9.16. The van der Waals surface area contributed by atoms with Gasteiger partial charge in [0.15, 0.2) is 11.6 Å². The molecule has 6 heterocycles. The summed E-state index contributed by atoms with van der Waals surface area (Å²) in [6.07, 6.45) is 8.05. The highest BCUT2D eigenvalue weighted by Crippen LogP contribution is 2.35. The third-order valence-corrected chi connectivity index (χ3v) is 11.5. The molecule has 64 heavy (non-hydrogen) atoms. The zero-order valence-corrected chi connectivity index (χ0v) is 37.4. The van der Waals surface area contributed by atoms with Gasteiger partial charge in [-0.15, -0.1) is 0 Å². The number of carbonyl (C=O) groups is 5. The molecule has 0 radical (unpaired) electrons. The highest BCUT2D eigenvalue weighted by molar-refractivity contribution is 6.05. The number of anilines is 3. The topological polar surface area (TPSA) is 177 Å². The van der Waals surface area contributed by atoms with E-state index in [1.165, 1.54) is 0 Å². The Labute approximate surface area is 372 Å². The van der Waals surface area contributed by atoms with Gasteiger partial charge in [-0.3, -0.25) is 29.0 Å². The second kappa shape index (κ2) is 17.1. The van der Waals surface area contributed by atoms with Gasteiger partial charge in [0.25, 0.3) is 17.7 Å². The molecule has 0 aliphatic carbocycles. The number of ether oxygens (including phenoxy) is 1. The van der Waals surface area contributed by atoms with Gasteiger partial charge in [-0.2, -0.15) is 0 Å². The van der Waals surface area contributed by atoms with Crippen LogP contribution < -0.4 is 20.7 Å². The summed E-state index contributed by atoms with van der Waals surface area (Å²) in [5.74, 6) is -0.173. The fourth-order valence-electron chi connectivity index (χ4n) is 8.49. The van der Waals surface area contributed by atoms with Crippen molar-refractivity contribution < 1.29 is 28.7 Å². The lowest BCUT2D eigenvalue weighted by atomic mass is 10.1. The van der Waals surface area contributed by atoms with E-state index in [-0.39, 0.29) is 66.2 Å². The van der Waals surface area contributed by atoms with Gasteiger partial charge in [0, 0.05) is 95.7 Å². The van der Waals surface area contributed by atoms with Crippen LogP contribution in [0.5, 0.6) is 5.75 Å². The number of Topliss-reactive ketones (excluding diaryl/α,β-unsaturated/α-hetero) is 1. The van der Waals surface area contributed by atoms with Crippen molar-refractivity contribution in [3.05, 3.63) is 118 Å². The maximum atomic E-state index is 13.7. The molecule has 0 spiro atoms. The Morgan fingerprint density at radius 1 is 0.875 bits per heavy atom. The van der Waals surface area contributed by atoms with Crippen molar-refractivity contribution in [2.75, 3.05) is 29.1 Å². The van der Waals surface area contributed by atoms with Gasteiger partial charge in [0.2, 0.25) is 11.7 Å². The number of fused-ring (bicyclic) bond motifs is 3. The average Bonchev–Trinajstić information content (AvgIpc) is 4.05. The van der Waals surface area contributed by atoms with Crippen LogP contribution in [0.3, 0.4) is 0 Å². The van der Waals surface area contributed by atoms with Crippen LogP contribution in [0.25, 0.3) is 0 Å². The molecule has 1 atom stereocenters. The van der Waals surface area contributed by atoms with Gasteiger partial charge >= 0.3 is 0 Å². The number of nitrogens with one attached hydrogen (secondary N) is 3. The number of nitrogens with zero attached hydrogens (tertiary/aromatic N) is 7. The predicted molar refractivity (Wildman–Crippen MR) is 245 cm³/mol. The second-order valence-corrected chi connectivity index (χ2v) is 18.1. The number of hydrogen-bond donors (Lipinski definition) is 3. The fraction of sp³-hybridized carbons (Fsp3) is 0.354. The smallest absolute Gasteiger partial charge is 0.272 e. The van der Waals surface area contributed by atoms with E-state index < -0.39 is 5.91 Å². The van der Waals surface area contributed by atoms with Gasteiger partial charge < -0.3 is 44.2 Å². The first kappa shape index (κ1) is 43.4. The third kappa shape index (κ3) is 9.26. The molecule has 16 heteroatoms. The maximum absolute atomic E-state index is 13.7. The normalized spacial score (nSPS) is 15.5. The van der Waals surface area contributed by atoms with Crippen molar-refractivity contribution in [1.82, 2.24) is 28.5 Å². The van der Waals surface area contributed by atoms with Crippen LogP contribution in [0.2, 0.25) is 0 Å². The molecule has 5 aromatic rings. The SMILES string of the molecule is C=C1C[C@H]2C=Nc3cc(OCCCC(=O)Nc4cn(C)c(C(=O)Cc5cc(C(=O)Nc6cc(C(=O)N7Cc8ccc(NC(C)(C)C)cc8C7)n(C)c6)n(C)c5)n4)c(C)cc3C(=O)N2C1. The van der Waals surface area contributed by atoms with Crippen molar-refractivity contribution in [3.8, 4) is 5.75 Å². The number of hydrogen-bond acceptors (Lipinski definition) is 9. The largest absolute Gasteiger partial charge is 0.493 e. The lowest BCUT2D eigenvalue weighted by Crippen LogP contribution is -2.35. The molecule has 1 saturated heterocycles. The molecule has 8 rings (SSSR count). The van der Waals surface area contributed by atoms with E-state index in [2.05, 4.69) is 65.4 Å². The van der Waals surface area contributed by atoms with Crippen LogP contribution in [-0.2, 0) is 45.4 Å². The fourth-order valence-corrected chi connectivity index (χ4v) is 8.49. The van der Waals surface area contributed by atoms with Crippen molar-refractivity contribution in [1.29, 1.82) is 0 Å². The Morgan fingerprint density at radius 2 is 1.64 bits per heavy atom. The van der Waals surface area contributed by atoms with Crippen LogP contribution >= 0.6 is 0 Å². The number of imidazole rings is 1. The van der Waals surface area contributed by atoms with Crippen LogP contribution in [-0.4, -0.2) is 88.8 Å². The predicted octanol–water partition coefficient (Wildman–Crippen LogP) is 6.73. The summed E-state index contributed by atoms with van der Waals surface area (Å²) in [4.78, 5) is 79.2. The average molecular weight is 867 g/mol. The number of aromatic nitrogens is 4. The minimum atomic E-state index is -0.392. The lowest BCUT2D eigenvalue weighted by Gasteiger charge is -2.22. The van der Waals surface area contributed by atoms with Crippen molar-refractivity contribution in [2.24, 2.45) is 26.1 Å². The van der Waals surface area contributed by atoms with E-state index >= 15 is 0 Å². The van der Waals surface area contributed by atoms with Gasteiger partial charge in [-0.05, 0) is 93.1 Å². The standard InChI is InChI=1S/C48H54N10O6/c1-28-14-35-21-49-37-20-41(29(2)15-36(37)46(62)58(35)22-28)64-13-9-10-43(60)51-42-27-56(8)44(52-42)40(59)17-30-16-38(54(6)23-30)45(61)50-34-19-39(55(7)26-34)47(63)57-24-31-11-12-33(18-32(31)25-57)53-48(3,4)5/h11-12,15-16,18-21,23,26-27,35,53H,1,9-10,13-14,17,22,24-25H2,2-8H3,(H,50,61)(H,51,60)/t35-/m0/s1. The Morgan fingerprint density at radius 3 is 2.42 bits per heavy atom. The van der Waals surface area contributed by atoms with E-state index in [9.17, 15) is 24.0 Å². The van der Waals surface area contributed by atoms with Crippen LogP contribution in [0.15, 0.2) is 78.2 Å². The van der Waals surface area contributed by atoms with E-state index in [4.69, 9.17) is 4.74 Å². The summed E-state index contributed by atoms with van der Waals surface area (Å²) in [6.45, 7) is 14.0. The molecule has 2 aromatic carbocycles. The van der Waals surface area contributed by atoms with E-state index in [1.54, 1.807) is 93.7 Å². The van der Waals surface area contributed by atoms with E-state index in [0.29, 0.717) is 72.1 Å². The quantitative estimate of drug-likeness (QED) is 0.0663. The molecule has 3 aliphatic rings. The lowest BCUT2D eigenvalue weighted by molar-refractivity contribution is -0.116. The molecule has 4 amide bonds. The Bertz CT molecular complexity index is 2770. The number of amides is 4. The summed E-state index contributed by atoms with van der Waals surface area (Å²) in [7, 11) is 5.17. The Kier molecular flexibility index (Phi) is 11.6.